The van der Waals surface area contributed by atoms with Crippen LogP contribution in [-0.4, -0.2) is 60.4 Å². The maximum atomic E-state index is 12.1. The van der Waals surface area contributed by atoms with Crippen LogP contribution in [0.4, 0.5) is 0 Å². The van der Waals surface area contributed by atoms with E-state index in [4.69, 9.17) is 0 Å². The molecule has 1 N–H and O–H groups in total. The monoisotopic (exact) mass is 303 g/mol. The maximum Gasteiger partial charge on any atom is 0.236 e. The Kier molecular flexibility index (Phi) is 7.30. The van der Waals surface area contributed by atoms with Gasteiger partial charge in [-0.2, -0.15) is 0 Å². The van der Waals surface area contributed by atoms with Gasteiger partial charge < -0.3 is 15.1 Å². The third-order valence-corrected chi connectivity index (χ3v) is 4.06. The van der Waals surface area contributed by atoms with E-state index in [1.165, 1.54) is 0 Å². The van der Waals surface area contributed by atoms with Crippen molar-refractivity contribution in [1.29, 1.82) is 0 Å². The Morgan fingerprint density at radius 2 is 2.20 bits per heavy atom. The fourth-order valence-electron chi connectivity index (χ4n) is 2.93. The SMILES string of the molecule is CCCCC(=O)N1CCCC(N2CCNCC2=O)C1.Cl. The zero-order valence-electron chi connectivity index (χ0n) is 12.3. The molecule has 0 bridgehead atoms. The van der Waals surface area contributed by atoms with E-state index >= 15 is 0 Å². The molecule has 6 heteroatoms. The number of carbonyl (C=O) groups excluding carboxylic acids is 2. The van der Waals surface area contributed by atoms with Gasteiger partial charge in [0, 0.05) is 38.6 Å². The Bertz CT molecular complexity index is 338. The Morgan fingerprint density at radius 1 is 1.40 bits per heavy atom. The number of halogens is 1. The van der Waals surface area contributed by atoms with Crippen molar-refractivity contribution < 1.29 is 9.59 Å². The quantitative estimate of drug-likeness (QED) is 0.844. The van der Waals surface area contributed by atoms with Crippen molar-refractivity contribution in [3.8, 4) is 0 Å². The number of hydrogen-bond acceptors (Lipinski definition) is 3. The molecule has 1 unspecified atom stereocenters. The number of unbranched alkanes of at least 4 members (excludes halogenated alkanes) is 1. The van der Waals surface area contributed by atoms with Gasteiger partial charge in [0.25, 0.3) is 0 Å². The van der Waals surface area contributed by atoms with E-state index in [1.807, 2.05) is 9.80 Å². The average Bonchev–Trinajstić information content (AvgIpc) is 2.45. The summed E-state index contributed by atoms with van der Waals surface area (Å²) in [5, 5.41) is 3.09. The van der Waals surface area contributed by atoms with Crippen molar-refractivity contribution >= 4 is 24.2 Å². The second-order valence-electron chi connectivity index (χ2n) is 5.50. The van der Waals surface area contributed by atoms with Crippen LogP contribution in [0.1, 0.15) is 39.0 Å². The van der Waals surface area contributed by atoms with Crippen molar-refractivity contribution in [3.63, 3.8) is 0 Å². The van der Waals surface area contributed by atoms with Gasteiger partial charge in [-0.15, -0.1) is 12.4 Å². The van der Waals surface area contributed by atoms with Gasteiger partial charge in [0.15, 0.2) is 0 Å². The lowest BCUT2D eigenvalue weighted by Crippen LogP contribution is -2.57. The molecule has 2 rings (SSSR count). The number of carbonyl (C=O) groups is 2. The van der Waals surface area contributed by atoms with Crippen LogP contribution in [0.5, 0.6) is 0 Å². The molecule has 0 radical (unpaired) electrons. The van der Waals surface area contributed by atoms with E-state index in [1.54, 1.807) is 0 Å². The van der Waals surface area contributed by atoms with Crippen LogP contribution in [0.3, 0.4) is 0 Å². The van der Waals surface area contributed by atoms with E-state index in [2.05, 4.69) is 12.2 Å². The van der Waals surface area contributed by atoms with Gasteiger partial charge in [-0.05, 0) is 19.3 Å². The molecule has 0 spiro atoms. The van der Waals surface area contributed by atoms with Gasteiger partial charge in [0.2, 0.25) is 11.8 Å². The fraction of sp³-hybridized carbons (Fsp3) is 0.857. The summed E-state index contributed by atoms with van der Waals surface area (Å²) in [4.78, 5) is 27.9. The van der Waals surface area contributed by atoms with Gasteiger partial charge in [-0.3, -0.25) is 9.59 Å². The summed E-state index contributed by atoms with van der Waals surface area (Å²) in [6.07, 6.45) is 4.72. The van der Waals surface area contributed by atoms with Crippen LogP contribution in [-0.2, 0) is 9.59 Å². The third-order valence-electron chi connectivity index (χ3n) is 4.06. The van der Waals surface area contributed by atoms with E-state index in [0.29, 0.717) is 13.0 Å². The van der Waals surface area contributed by atoms with Gasteiger partial charge in [0.1, 0.15) is 0 Å². The van der Waals surface area contributed by atoms with E-state index in [-0.39, 0.29) is 30.3 Å². The Hall–Kier alpha value is -0.810. The van der Waals surface area contributed by atoms with Gasteiger partial charge in [-0.1, -0.05) is 13.3 Å². The molecule has 0 saturated carbocycles. The fourth-order valence-corrected chi connectivity index (χ4v) is 2.93. The largest absolute Gasteiger partial charge is 0.341 e. The summed E-state index contributed by atoms with van der Waals surface area (Å²) in [6.45, 7) is 5.78. The maximum absolute atomic E-state index is 12.1. The first-order valence-corrected chi connectivity index (χ1v) is 7.50. The van der Waals surface area contributed by atoms with Crippen LogP contribution in [0.25, 0.3) is 0 Å². The molecule has 116 valence electrons. The molecule has 2 saturated heterocycles. The minimum absolute atomic E-state index is 0. The summed E-state index contributed by atoms with van der Waals surface area (Å²) in [5.74, 6) is 0.438. The Balaban J connectivity index is 0.00000200. The Labute approximate surface area is 127 Å². The first-order valence-electron chi connectivity index (χ1n) is 7.50. The summed E-state index contributed by atoms with van der Waals surface area (Å²) in [7, 11) is 0. The molecule has 0 aliphatic carbocycles. The molecule has 5 nitrogen and oxygen atoms in total. The number of piperazine rings is 1. The highest BCUT2D eigenvalue weighted by molar-refractivity contribution is 5.85. The number of hydrogen-bond donors (Lipinski definition) is 1. The highest BCUT2D eigenvalue weighted by atomic mass is 35.5. The lowest BCUT2D eigenvalue weighted by molar-refractivity contribution is -0.140. The van der Waals surface area contributed by atoms with Gasteiger partial charge >= 0.3 is 0 Å². The van der Waals surface area contributed by atoms with E-state index in [0.717, 1.165) is 51.9 Å². The zero-order chi connectivity index (χ0) is 13.7. The van der Waals surface area contributed by atoms with Crippen molar-refractivity contribution in [1.82, 2.24) is 15.1 Å². The third kappa shape index (κ3) is 4.35. The smallest absolute Gasteiger partial charge is 0.236 e. The molecular formula is C14H26ClN3O2. The first kappa shape index (κ1) is 17.2. The molecule has 2 aliphatic heterocycles. The molecule has 0 aromatic carbocycles. The molecule has 0 aromatic heterocycles. The van der Waals surface area contributed by atoms with Crippen molar-refractivity contribution in [2.75, 3.05) is 32.7 Å². The standard InChI is InChI=1S/C14H25N3O2.ClH/c1-2-3-6-13(18)16-8-4-5-12(11-16)17-9-7-15-10-14(17)19;/h12,15H,2-11H2,1H3;1H. The van der Waals surface area contributed by atoms with Gasteiger partial charge in [-0.25, -0.2) is 0 Å². The predicted octanol–water partition coefficient (Wildman–Crippen LogP) is 1.02. The van der Waals surface area contributed by atoms with Crippen molar-refractivity contribution in [3.05, 3.63) is 0 Å². The molecule has 2 heterocycles. The summed E-state index contributed by atoms with van der Waals surface area (Å²) in [5.41, 5.74) is 0. The van der Waals surface area contributed by atoms with Crippen LogP contribution in [0, 0.1) is 0 Å². The number of likely N-dealkylation sites (tertiary alicyclic amines) is 1. The summed E-state index contributed by atoms with van der Waals surface area (Å²) < 4.78 is 0. The number of nitrogens with one attached hydrogen (secondary N) is 1. The normalized spacial score (nSPS) is 23.4. The molecule has 2 aliphatic rings. The number of piperidine rings is 1. The first-order chi connectivity index (χ1) is 9.22. The number of amides is 2. The topological polar surface area (TPSA) is 52.7 Å². The van der Waals surface area contributed by atoms with Gasteiger partial charge in [0.05, 0.1) is 6.54 Å². The van der Waals surface area contributed by atoms with E-state index < -0.39 is 0 Å². The van der Waals surface area contributed by atoms with Crippen molar-refractivity contribution in [2.24, 2.45) is 0 Å². The number of nitrogens with zero attached hydrogens (tertiary/aromatic N) is 2. The van der Waals surface area contributed by atoms with Crippen LogP contribution >= 0.6 is 12.4 Å². The molecule has 2 amide bonds. The second-order valence-corrected chi connectivity index (χ2v) is 5.50. The highest BCUT2D eigenvalue weighted by Crippen LogP contribution is 2.18. The average molecular weight is 304 g/mol. The Morgan fingerprint density at radius 3 is 2.90 bits per heavy atom. The van der Waals surface area contributed by atoms with Crippen LogP contribution in [0.15, 0.2) is 0 Å². The molecule has 1 atom stereocenters. The predicted molar refractivity (Wildman–Crippen MR) is 81.0 cm³/mol. The minimum Gasteiger partial charge on any atom is -0.341 e. The second kappa shape index (κ2) is 8.47. The van der Waals surface area contributed by atoms with E-state index in [9.17, 15) is 9.59 Å². The summed E-state index contributed by atoms with van der Waals surface area (Å²) >= 11 is 0. The van der Waals surface area contributed by atoms with Crippen molar-refractivity contribution in [2.45, 2.75) is 45.1 Å². The highest BCUT2D eigenvalue weighted by Gasteiger charge is 2.31. The molecule has 0 aromatic rings. The molecular weight excluding hydrogens is 278 g/mol. The molecule has 2 fully saturated rings. The minimum atomic E-state index is 0. The molecule has 20 heavy (non-hydrogen) atoms. The summed E-state index contributed by atoms with van der Waals surface area (Å²) in [6, 6.07) is 0.230. The zero-order valence-corrected chi connectivity index (χ0v) is 13.1. The van der Waals surface area contributed by atoms with Crippen LogP contribution < -0.4 is 5.32 Å². The lowest BCUT2D eigenvalue weighted by atomic mass is 10.0. The lowest BCUT2D eigenvalue weighted by Gasteiger charge is -2.41. The number of rotatable bonds is 4. The van der Waals surface area contributed by atoms with Crippen LogP contribution in [0.2, 0.25) is 0 Å².